The molecule has 0 aliphatic carbocycles. The Morgan fingerprint density at radius 1 is 1.16 bits per heavy atom. The average molecular weight is 358 g/mol. The number of anilines is 2. The second kappa shape index (κ2) is 6.88. The van der Waals surface area contributed by atoms with Gasteiger partial charge in [-0.15, -0.1) is 0 Å². The van der Waals surface area contributed by atoms with Gasteiger partial charge in [0.1, 0.15) is 0 Å². The molecule has 2 aromatic rings. The van der Waals surface area contributed by atoms with Crippen LogP contribution in [0.5, 0.6) is 0 Å². The van der Waals surface area contributed by atoms with Gasteiger partial charge >= 0.3 is 0 Å². The van der Waals surface area contributed by atoms with Crippen LogP contribution < -0.4 is 10.6 Å². The van der Waals surface area contributed by atoms with Gasteiger partial charge in [0.2, 0.25) is 5.91 Å². The van der Waals surface area contributed by atoms with Crippen LogP contribution in [0.2, 0.25) is 0 Å². The SMILES string of the molecule is CCS(=O)(=O)c1ccc(CC(=O)N2CCCc3c(N)cccc32)cc1. The Kier molecular flexibility index (Phi) is 4.81. The zero-order valence-electron chi connectivity index (χ0n) is 14.2. The van der Waals surface area contributed by atoms with Crippen molar-refractivity contribution >= 4 is 27.1 Å². The monoisotopic (exact) mass is 358 g/mol. The molecule has 2 N–H and O–H groups in total. The van der Waals surface area contributed by atoms with Crippen molar-refractivity contribution in [2.24, 2.45) is 0 Å². The third-order valence-electron chi connectivity index (χ3n) is 4.61. The molecule has 5 nitrogen and oxygen atoms in total. The van der Waals surface area contributed by atoms with Crippen molar-refractivity contribution in [3.8, 4) is 0 Å². The number of fused-ring (bicyclic) bond motifs is 1. The lowest BCUT2D eigenvalue weighted by atomic mass is 9.99. The number of sulfone groups is 1. The predicted octanol–water partition coefficient (Wildman–Crippen LogP) is 2.58. The molecule has 0 fully saturated rings. The van der Waals surface area contributed by atoms with Gasteiger partial charge in [-0.1, -0.05) is 25.1 Å². The predicted molar refractivity (Wildman–Crippen MR) is 99.4 cm³/mol. The highest BCUT2D eigenvalue weighted by Crippen LogP contribution is 2.31. The molecule has 132 valence electrons. The molecule has 1 heterocycles. The van der Waals surface area contributed by atoms with Gasteiger partial charge in [-0.05, 0) is 48.2 Å². The summed E-state index contributed by atoms with van der Waals surface area (Å²) in [5.41, 5.74) is 9.48. The Hall–Kier alpha value is -2.34. The zero-order chi connectivity index (χ0) is 18.0. The van der Waals surface area contributed by atoms with Crippen LogP contribution in [0.25, 0.3) is 0 Å². The number of carbonyl (C=O) groups excluding carboxylic acids is 1. The average Bonchev–Trinajstić information content (AvgIpc) is 2.62. The molecule has 0 unspecified atom stereocenters. The molecule has 0 spiro atoms. The van der Waals surface area contributed by atoms with Crippen LogP contribution in [0.3, 0.4) is 0 Å². The lowest BCUT2D eigenvalue weighted by Gasteiger charge is -2.30. The molecule has 6 heteroatoms. The Labute approximate surface area is 148 Å². The first-order chi connectivity index (χ1) is 11.9. The molecular formula is C19H22N2O3S. The van der Waals surface area contributed by atoms with E-state index in [2.05, 4.69) is 0 Å². The topological polar surface area (TPSA) is 80.5 Å². The van der Waals surface area contributed by atoms with Crippen molar-refractivity contribution < 1.29 is 13.2 Å². The summed E-state index contributed by atoms with van der Waals surface area (Å²) in [6.07, 6.45) is 2.01. The number of nitrogen functional groups attached to an aromatic ring is 1. The number of benzene rings is 2. The van der Waals surface area contributed by atoms with Crippen molar-refractivity contribution in [1.82, 2.24) is 0 Å². The second-order valence-corrected chi connectivity index (χ2v) is 8.50. The largest absolute Gasteiger partial charge is 0.398 e. The van der Waals surface area contributed by atoms with Gasteiger partial charge in [0.05, 0.1) is 17.1 Å². The Bertz CT molecular complexity index is 889. The van der Waals surface area contributed by atoms with E-state index in [4.69, 9.17) is 5.73 Å². The van der Waals surface area contributed by atoms with E-state index < -0.39 is 9.84 Å². The maximum Gasteiger partial charge on any atom is 0.231 e. The zero-order valence-corrected chi connectivity index (χ0v) is 15.1. The van der Waals surface area contributed by atoms with Crippen LogP contribution in [0.15, 0.2) is 47.4 Å². The number of amides is 1. The van der Waals surface area contributed by atoms with Crippen molar-refractivity contribution in [3.63, 3.8) is 0 Å². The molecule has 0 aromatic heterocycles. The number of nitrogens with zero attached hydrogens (tertiary/aromatic N) is 1. The standard InChI is InChI=1S/C19H22N2O3S/c1-2-25(23,24)15-10-8-14(9-11-15)13-19(22)21-12-4-5-16-17(20)6-3-7-18(16)21/h3,6-11H,2,4-5,12-13,20H2,1H3. The number of carbonyl (C=O) groups is 1. The highest BCUT2D eigenvalue weighted by Gasteiger charge is 2.23. The fourth-order valence-electron chi connectivity index (χ4n) is 3.16. The summed E-state index contributed by atoms with van der Waals surface area (Å²) in [6.45, 7) is 2.30. The number of rotatable bonds is 4. The van der Waals surface area contributed by atoms with Crippen LogP contribution in [-0.4, -0.2) is 26.6 Å². The first-order valence-electron chi connectivity index (χ1n) is 8.42. The smallest absolute Gasteiger partial charge is 0.231 e. The summed E-state index contributed by atoms with van der Waals surface area (Å²) >= 11 is 0. The van der Waals surface area contributed by atoms with Gasteiger partial charge in [0.15, 0.2) is 9.84 Å². The Morgan fingerprint density at radius 2 is 1.88 bits per heavy atom. The van der Waals surface area contributed by atoms with Gasteiger partial charge in [-0.25, -0.2) is 8.42 Å². The van der Waals surface area contributed by atoms with E-state index >= 15 is 0 Å². The van der Waals surface area contributed by atoms with Crippen molar-refractivity contribution in [2.75, 3.05) is 22.9 Å². The van der Waals surface area contributed by atoms with E-state index in [0.29, 0.717) is 11.4 Å². The molecule has 0 saturated carbocycles. The Morgan fingerprint density at radius 3 is 2.56 bits per heavy atom. The van der Waals surface area contributed by atoms with E-state index in [-0.39, 0.29) is 18.1 Å². The second-order valence-electron chi connectivity index (χ2n) is 6.22. The molecule has 1 aliphatic rings. The van der Waals surface area contributed by atoms with Crippen LogP contribution in [-0.2, 0) is 27.5 Å². The van der Waals surface area contributed by atoms with Gasteiger partial charge in [-0.2, -0.15) is 0 Å². The first-order valence-corrected chi connectivity index (χ1v) is 10.1. The summed E-state index contributed by atoms with van der Waals surface area (Å²) in [5, 5.41) is 0. The molecule has 0 saturated heterocycles. The summed E-state index contributed by atoms with van der Waals surface area (Å²) in [6, 6.07) is 12.2. The van der Waals surface area contributed by atoms with Crippen molar-refractivity contribution in [1.29, 1.82) is 0 Å². The van der Waals surface area contributed by atoms with E-state index in [0.717, 1.165) is 35.3 Å². The third kappa shape index (κ3) is 3.54. The molecule has 0 radical (unpaired) electrons. The number of hydrogen-bond donors (Lipinski definition) is 1. The highest BCUT2D eigenvalue weighted by molar-refractivity contribution is 7.91. The lowest BCUT2D eigenvalue weighted by molar-refractivity contribution is -0.118. The molecule has 0 bridgehead atoms. The third-order valence-corrected chi connectivity index (χ3v) is 6.36. The summed E-state index contributed by atoms with van der Waals surface area (Å²) in [7, 11) is -3.22. The minimum absolute atomic E-state index is 0.00218. The lowest BCUT2D eigenvalue weighted by Crippen LogP contribution is -2.36. The first kappa shape index (κ1) is 17.5. The summed E-state index contributed by atoms with van der Waals surface area (Å²) in [4.78, 5) is 14.8. The summed E-state index contributed by atoms with van der Waals surface area (Å²) in [5.74, 6) is 0.0646. The highest BCUT2D eigenvalue weighted by atomic mass is 32.2. The quantitative estimate of drug-likeness (QED) is 0.852. The van der Waals surface area contributed by atoms with E-state index in [1.807, 2.05) is 18.2 Å². The van der Waals surface area contributed by atoms with Crippen molar-refractivity contribution in [2.45, 2.75) is 31.1 Å². The molecule has 1 amide bonds. The van der Waals surface area contributed by atoms with Crippen LogP contribution in [0.4, 0.5) is 11.4 Å². The number of nitrogens with two attached hydrogens (primary N) is 1. The van der Waals surface area contributed by atoms with Crippen LogP contribution in [0.1, 0.15) is 24.5 Å². The van der Waals surface area contributed by atoms with Gasteiger partial charge < -0.3 is 10.6 Å². The van der Waals surface area contributed by atoms with Gasteiger partial charge in [-0.3, -0.25) is 4.79 Å². The normalized spacial score (nSPS) is 14.2. The maximum absolute atomic E-state index is 12.7. The minimum atomic E-state index is -3.22. The molecule has 25 heavy (non-hydrogen) atoms. The fourth-order valence-corrected chi connectivity index (χ4v) is 4.05. The van der Waals surface area contributed by atoms with E-state index in [1.165, 1.54) is 0 Å². The molecule has 2 aromatic carbocycles. The van der Waals surface area contributed by atoms with Gasteiger partial charge in [0, 0.05) is 17.9 Å². The fraction of sp³-hybridized carbons (Fsp3) is 0.316. The minimum Gasteiger partial charge on any atom is -0.398 e. The van der Waals surface area contributed by atoms with Gasteiger partial charge in [0.25, 0.3) is 0 Å². The Balaban J connectivity index is 1.79. The molecule has 0 atom stereocenters. The molecular weight excluding hydrogens is 336 g/mol. The molecule has 3 rings (SSSR count). The van der Waals surface area contributed by atoms with E-state index in [9.17, 15) is 13.2 Å². The maximum atomic E-state index is 12.7. The van der Waals surface area contributed by atoms with Crippen molar-refractivity contribution in [3.05, 3.63) is 53.6 Å². The van der Waals surface area contributed by atoms with E-state index in [1.54, 1.807) is 36.1 Å². The summed E-state index contributed by atoms with van der Waals surface area (Å²) < 4.78 is 23.7. The molecule has 1 aliphatic heterocycles. The van der Waals surface area contributed by atoms with Crippen LogP contribution in [0, 0.1) is 0 Å². The van der Waals surface area contributed by atoms with Crippen LogP contribution >= 0.6 is 0 Å². The number of hydrogen-bond acceptors (Lipinski definition) is 4.